The lowest BCUT2D eigenvalue weighted by molar-refractivity contribution is -0.127. The minimum Gasteiger partial charge on any atom is -0.481 e. The number of hydrogen-bond acceptors (Lipinski definition) is 9. The van der Waals surface area contributed by atoms with E-state index in [1.54, 1.807) is 18.5 Å². The van der Waals surface area contributed by atoms with Gasteiger partial charge in [-0.2, -0.15) is 0 Å². The first kappa shape index (κ1) is 28.1. The summed E-state index contributed by atoms with van der Waals surface area (Å²) < 4.78 is 17.4. The molecule has 0 aliphatic carbocycles. The fourth-order valence-electron chi connectivity index (χ4n) is 3.89. The molecule has 0 spiro atoms. The van der Waals surface area contributed by atoms with E-state index in [4.69, 9.17) is 15.2 Å². The normalized spacial score (nSPS) is 10.4. The predicted octanol–water partition coefficient (Wildman–Crippen LogP) is 2.71. The lowest BCUT2D eigenvalue weighted by Gasteiger charge is -2.12. The van der Waals surface area contributed by atoms with E-state index in [-0.39, 0.29) is 19.1 Å². The zero-order valence-corrected chi connectivity index (χ0v) is 22.1. The monoisotopic (exact) mass is 542 g/mol. The van der Waals surface area contributed by atoms with Crippen LogP contribution in [0.5, 0.6) is 5.75 Å². The summed E-state index contributed by atoms with van der Waals surface area (Å²) in [6, 6.07) is 13.1. The Morgan fingerprint density at radius 3 is 2.70 bits per heavy atom. The van der Waals surface area contributed by atoms with Gasteiger partial charge in [0.05, 0.1) is 25.1 Å². The van der Waals surface area contributed by atoms with Gasteiger partial charge in [-0.15, -0.1) is 0 Å². The van der Waals surface area contributed by atoms with Gasteiger partial charge in [-0.3, -0.25) is 14.0 Å². The van der Waals surface area contributed by atoms with Gasteiger partial charge < -0.3 is 30.6 Å². The van der Waals surface area contributed by atoms with Crippen LogP contribution in [0.1, 0.15) is 15.9 Å². The number of fused-ring (bicyclic) bond motifs is 1. The van der Waals surface area contributed by atoms with Crippen molar-refractivity contribution in [2.75, 3.05) is 44.8 Å². The predicted molar refractivity (Wildman–Crippen MR) is 150 cm³/mol. The Morgan fingerprint density at radius 1 is 1.10 bits per heavy atom. The third-order valence-electron chi connectivity index (χ3n) is 5.77. The highest BCUT2D eigenvalue weighted by Gasteiger charge is 2.13. The van der Waals surface area contributed by atoms with Crippen LogP contribution in [0.4, 0.5) is 11.5 Å². The molecule has 0 radical (unpaired) electrons. The van der Waals surface area contributed by atoms with Gasteiger partial charge in [0.15, 0.2) is 18.1 Å². The van der Waals surface area contributed by atoms with Crippen LogP contribution in [-0.4, -0.2) is 66.3 Å². The molecule has 0 aliphatic rings. The van der Waals surface area contributed by atoms with Crippen molar-refractivity contribution in [2.45, 2.75) is 6.92 Å². The molecule has 4 aromatic rings. The fraction of sp³-hybridized carbons (Fsp3) is 0.241. The quantitative estimate of drug-likeness (QED) is 0.132. The van der Waals surface area contributed by atoms with E-state index in [0.29, 0.717) is 55.6 Å². The molecule has 0 fully saturated rings. The summed E-state index contributed by atoms with van der Waals surface area (Å²) in [6.07, 6.45) is 5.33. The molecule has 11 nitrogen and oxygen atoms in total. The van der Waals surface area contributed by atoms with Gasteiger partial charge in [-0.25, -0.2) is 9.97 Å². The minimum absolute atomic E-state index is 0.0420. The Balaban J connectivity index is 1.42. The van der Waals surface area contributed by atoms with Gasteiger partial charge in [0.1, 0.15) is 12.4 Å². The van der Waals surface area contributed by atoms with Crippen molar-refractivity contribution in [3.63, 3.8) is 0 Å². The van der Waals surface area contributed by atoms with E-state index >= 15 is 0 Å². The molecule has 40 heavy (non-hydrogen) atoms. The Labute approximate surface area is 231 Å². The van der Waals surface area contributed by atoms with E-state index in [0.717, 1.165) is 22.5 Å². The highest BCUT2D eigenvalue weighted by molar-refractivity contribution is 5.96. The summed E-state index contributed by atoms with van der Waals surface area (Å²) in [5.41, 5.74) is 10.1. The number of nitrogens with two attached hydrogens (primary N) is 1. The largest absolute Gasteiger partial charge is 0.481 e. The van der Waals surface area contributed by atoms with Gasteiger partial charge in [-0.1, -0.05) is 11.8 Å². The summed E-state index contributed by atoms with van der Waals surface area (Å²) in [5.74, 6) is 6.54. The maximum atomic E-state index is 12.5. The Morgan fingerprint density at radius 2 is 1.93 bits per heavy atom. The summed E-state index contributed by atoms with van der Waals surface area (Å²) in [4.78, 5) is 31.7. The maximum absolute atomic E-state index is 12.5. The number of carbonyl (C=O) groups excluding carboxylic acids is 2. The van der Waals surface area contributed by atoms with Crippen molar-refractivity contribution >= 4 is 29.5 Å². The summed E-state index contributed by atoms with van der Waals surface area (Å²) in [5, 5.41) is 6.17. The zero-order valence-electron chi connectivity index (χ0n) is 22.1. The molecular weight excluding hydrogens is 512 g/mol. The lowest BCUT2D eigenvalue weighted by Crippen LogP contribution is -2.28. The molecule has 2 aromatic carbocycles. The first-order valence-electron chi connectivity index (χ1n) is 12.6. The Hall–Kier alpha value is -4.92. The number of nitrogens with zero attached hydrogens (tertiary/aromatic N) is 3. The van der Waals surface area contributed by atoms with E-state index in [1.165, 1.54) is 0 Å². The van der Waals surface area contributed by atoms with Crippen molar-refractivity contribution in [1.29, 1.82) is 0 Å². The third kappa shape index (κ3) is 7.35. The van der Waals surface area contributed by atoms with E-state index < -0.39 is 0 Å². The smallest absolute Gasteiger partial charge is 0.294 e. The van der Waals surface area contributed by atoms with Crippen LogP contribution in [0.2, 0.25) is 0 Å². The molecule has 2 heterocycles. The van der Waals surface area contributed by atoms with Crippen molar-refractivity contribution in [1.82, 2.24) is 19.7 Å². The number of nitrogens with one attached hydrogen (secondary N) is 2. The molecular formula is C29H30N6O5. The van der Waals surface area contributed by atoms with Crippen LogP contribution in [0.25, 0.3) is 16.9 Å². The summed E-state index contributed by atoms with van der Waals surface area (Å²) >= 11 is 0. The second kappa shape index (κ2) is 14.3. The molecule has 0 aliphatic heterocycles. The summed E-state index contributed by atoms with van der Waals surface area (Å²) in [6.45, 7) is 4.21. The first-order valence-corrected chi connectivity index (χ1v) is 12.6. The van der Waals surface area contributed by atoms with Crippen LogP contribution >= 0.6 is 0 Å². The number of hydrogen-bond donors (Lipinski definition) is 3. The molecule has 11 heteroatoms. The molecule has 2 aromatic heterocycles. The molecule has 0 atom stereocenters. The third-order valence-corrected chi connectivity index (χ3v) is 5.77. The van der Waals surface area contributed by atoms with Crippen molar-refractivity contribution < 1.29 is 23.8 Å². The van der Waals surface area contributed by atoms with Crippen molar-refractivity contribution in [3.8, 4) is 28.8 Å². The molecule has 0 bridgehead atoms. The lowest BCUT2D eigenvalue weighted by atomic mass is 10.1. The molecule has 1 amide bonds. The number of carbonyl (C=O) groups is 2. The van der Waals surface area contributed by atoms with Gasteiger partial charge >= 0.3 is 0 Å². The van der Waals surface area contributed by atoms with Crippen LogP contribution in [0.3, 0.4) is 0 Å². The van der Waals surface area contributed by atoms with E-state index in [1.807, 2.05) is 53.9 Å². The van der Waals surface area contributed by atoms with Crippen LogP contribution in [0.15, 0.2) is 61.1 Å². The average molecular weight is 543 g/mol. The van der Waals surface area contributed by atoms with Crippen molar-refractivity contribution in [2.24, 2.45) is 5.73 Å². The molecule has 206 valence electrons. The highest BCUT2D eigenvalue weighted by atomic mass is 16.5. The van der Waals surface area contributed by atoms with Crippen molar-refractivity contribution in [3.05, 3.63) is 72.2 Å². The maximum Gasteiger partial charge on any atom is 0.294 e. The Bertz CT molecular complexity index is 1510. The van der Waals surface area contributed by atoms with Gasteiger partial charge in [0.25, 0.3) is 12.4 Å². The number of benzene rings is 2. The molecule has 4 N–H and O–H groups in total. The van der Waals surface area contributed by atoms with Crippen LogP contribution < -0.4 is 21.1 Å². The fourth-order valence-corrected chi connectivity index (χ4v) is 3.89. The minimum atomic E-state index is -0.160. The highest BCUT2D eigenvalue weighted by Crippen LogP contribution is 2.27. The number of imidazole rings is 1. The molecule has 0 saturated heterocycles. The second-order valence-electron chi connectivity index (χ2n) is 8.50. The number of amides is 1. The first-order chi connectivity index (χ1) is 19.6. The standard InChI is InChI=1S/C29H30N6O5/c1-21-18-23(6-9-25(21)29(37)32-12-17-38-16-10-30)34-27-28-33-19-26(35(28)13-11-31-27)22-4-7-24(8-5-22)40-15-3-2-14-39-20-36/h4-9,11,13,18-20H,10,12,14-17,30H2,1H3,(H,31,34)(H,32,37). The number of ether oxygens (including phenoxy) is 3. The number of anilines is 2. The van der Waals surface area contributed by atoms with Gasteiger partial charge in [0.2, 0.25) is 0 Å². The van der Waals surface area contributed by atoms with Gasteiger partial charge in [0, 0.05) is 42.3 Å². The van der Waals surface area contributed by atoms with Gasteiger partial charge in [-0.05, 0) is 55.0 Å². The molecule has 0 unspecified atom stereocenters. The average Bonchev–Trinajstić information content (AvgIpc) is 3.40. The summed E-state index contributed by atoms with van der Waals surface area (Å²) in [7, 11) is 0. The SMILES string of the molecule is Cc1cc(Nc2nccn3c(-c4ccc(OCC#CCOC=O)cc4)cnc23)ccc1C(=O)NCCOCCN. The topological polar surface area (TPSA) is 142 Å². The van der Waals surface area contributed by atoms with E-state index in [9.17, 15) is 9.59 Å². The number of aryl methyl sites for hydroxylation is 1. The van der Waals surface area contributed by atoms with E-state index in [2.05, 4.69) is 37.2 Å². The van der Waals surface area contributed by atoms with Crippen LogP contribution in [0, 0.1) is 18.8 Å². The van der Waals surface area contributed by atoms with Crippen LogP contribution in [-0.2, 0) is 14.3 Å². The second-order valence-corrected chi connectivity index (χ2v) is 8.50. The number of rotatable bonds is 13. The number of aromatic nitrogens is 3. The molecule has 0 saturated carbocycles. The Kier molecular flexibility index (Phi) is 10.0. The zero-order chi connectivity index (χ0) is 28.2. The molecule has 4 rings (SSSR count).